The molecule has 2 aromatic heterocycles. The number of nitrogens with one attached hydrogen (secondary N) is 1. The van der Waals surface area contributed by atoms with Crippen LogP contribution in [-0.2, 0) is 9.59 Å². The van der Waals surface area contributed by atoms with Gasteiger partial charge in [0.1, 0.15) is 24.2 Å². The van der Waals surface area contributed by atoms with E-state index in [9.17, 15) is 14.4 Å². The molecule has 0 bridgehead atoms. The number of pyridine rings is 1. The Kier molecular flexibility index (Phi) is 4.58. The van der Waals surface area contributed by atoms with Gasteiger partial charge >= 0.3 is 6.03 Å². The van der Waals surface area contributed by atoms with Gasteiger partial charge in [-0.2, -0.15) is 0 Å². The molecular weight excluding hydrogens is 360 g/mol. The summed E-state index contributed by atoms with van der Waals surface area (Å²) >= 11 is 0. The molecular formula is C19H22N6O3. The number of amides is 4. The summed E-state index contributed by atoms with van der Waals surface area (Å²) in [7, 11) is 1.65. The predicted octanol–water partition coefficient (Wildman–Crippen LogP) is 1.80. The van der Waals surface area contributed by atoms with Gasteiger partial charge in [-0.25, -0.2) is 14.8 Å². The summed E-state index contributed by atoms with van der Waals surface area (Å²) in [4.78, 5) is 48.8. The number of urea groups is 1. The van der Waals surface area contributed by atoms with E-state index in [1.54, 1.807) is 42.5 Å². The lowest BCUT2D eigenvalue weighted by molar-refractivity contribution is -0.136. The van der Waals surface area contributed by atoms with E-state index in [-0.39, 0.29) is 12.5 Å². The lowest BCUT2D eigenvalue weighted by atomic mass is 9.81. The summed E-state index contributed by atoms with van der Waals surface area (Å²) in [6, 6.07) is 3.05. The van der Waals surface area contributed by atoms with Crippen molar-refractivity contribution in [2.75, 3.05) is 18.9 Å². The van der Waals surface area contributed by atoms with Gasteiger partial charge in [-0.3, -0.25) is 19.1 Å². The summed E-state index contributed by atoms with van der Waals surface area (Å²) in [5.41, 5.74) is -0.280. The first-order chi connectivity index (χ1) is 13.5. The van der Waals surface area contributed by atoms with Crippen LogP contribution in [0.3, 0.4) is 0 Å². The molecule has 0 unspecified atom stereocenters. The summed E-state index contributed by atoms with van der Waals surface area (Å²) in [6.45, 7) is -0.299. The van der Waals surface area contributed by atoms with Crippen LogP contribution in [0.25, 0.3) is 5.82 Å². The number of imidazole rings is 1. The standard InChI is InChI=1S/C19H22N6O3/c1-23-18(28)25(17(27)19(23)7-3-2-4-8-19)12-16(26)22-14-5-6-15(21-11-14)24-10-9-20-13-24/h5-6,9-11,13H,2-4,7-8,12H2,1H3,(H,22,26). The third-order valence-corrected chi connectivity index (χ3v) is 5.59. The van der Waals surface area contributed by atoms with E-state index in [1.807, 2.05) is 0 Å². The SMILES string of the molecule is CN1C(=O)N(CC(=O)Nc2ccc(-n3ccnc3)nc2)C(=O)C12CCCCC2. The zero-order valence-electron chi connectivity index (χ0n) is 15.7. The Labute approximate surface area is 162 Å². The van der Waals surface area contributed by atoms with Crippen molar-refractivity contribution in [2.45, 2.75) is 37.6 Å². The molecule has 1 aliphatic heterocycles. The molecule has 1 N–H and O–H groups in total. The molecule has 0 atom stereocenters. The molecule has 4 rings (SSSR count). The molecule has 2 aromatic rings. The van der Waals surface area contributed by atoms with Crippen LogP contribution in [0.4, 0.5) is 10.5 Å². The quantitative estimate of drug-likeness (QED) is 0.813. The molecule has 1 aliphatic carbocycles. The van der Waals surface area contributed by atoms with Crippen LogP contribution in [0, 0.1) is 0 Å². The Morgan fingerprint density at radius 3 is 2.64 bits per heavy atom. The highest BCUT2D eigenvalue weighted by Crippen LogP contribution is 2.39. The topological polar surface area (TPSA) is 100 Å². The normalized spacial score (nSPS) is 18.8. The molecule has 1 saturated carbocycles. The second-order valence-corrected chi connectivity index (χ2v) is 7.25. The third-order valence-electron chi connectivity index (χ3n) is 5.59. The van der Waals surface area contributed by atoms with Crippen LogP contribution < -0.4 is 5.32 Å². The molecule has 2 aliphatic rings. The van der Waals surface area contributed by atoms with Gasteiger partial charge in [-0.05, 0) is 25.0 Å². The number of aromatic nitrogens is 3. The summed E-state index contributed by atoms with van der Waals surface area (Å²) in [6.07, 6.45) is 10.8. The minimum Gasteiger partial charge on any atom is -0.323 e. The van der Waals surface area contributed by atoms with E-state index < -0.39 is 17.5 Å². The first kappa shape index (κ1) is 18.1. The Morgan fingerprint density at radius 2 is 2.00 bits per heavy atom. The lowest BCUT2D eigenvalue weighted by Gasteiger charge is -2.35. The summed E-state index contributed by atoms with van der Waals surface area (Å²) < 4.78 is 1.74. The number of carbonyl (C=O) groups is 3. The number of hydrogen-bond acceptors (Lipinski definition) is 5. The smallest absolute Gasteiger partial charge is 0.323 e. The lowest BCUT2D eigenvalue weighted by Crippen LogP contribution is -2.49. The van der Waals surface area contributed by atoms with Crippen LogP contribution in [0.2, 0.25) is 0 Å². The number of nitrogens with zero attached hydrogens (tertiary/aromatic N) is 5. The minimum absolute atomic E-state index is 0.261. The van der Waals surface area contributed by atoms with Crippen molar-refractivity contribution in [1.29, 1.82) is 0 Å². The van der Waals surface area contributed by atoms with Gasteiger partial charge in [0.15, 0.2) is 0 Å². The van der Waals surface area contributed by atoms with Gasteiger partial charge in [0, 0.05) is 19.4 Å². The number of rotatable bonds is 4. The van der Waals surface area contributed by atoms with Crippen molar-refractivity contribution in [1.82, 2.24) is 24.3 Å². The fourth-order valence-electron chi connectivity index (χ4n) is 4.02. The first-order valence-corrected chi connectivity index (χ1v) is 9.35. The largest absolute Gasteiger partial charge is 0.327 e. The summed E-state index contributed by atoms with van der Waals surface area (Å²) in [5, 5.41) is 2.70. The van der Waals surface area contributed by atoms with Crippen molar-refractivity contribution in [3.05, 3.63) is 37.1 Å². The Balaban J connectivity index is 1.42. The highest BCUT2D eigenvalue weighted by Gasteiger charge is 2.55. The van der Waals surface area contributed by atoms with Crippen molar-refractivity contribution in [3.63, 3.8) is 0 Å². The molecule has 146 valence electrons. The molecule has 3 heterocycles. The zero-order chi connectivity index (χ0) is 19.7. The fourth-order valence-corrected chi connectivity index (χ4v) is 4.02. The Morgan fingerprint density at radius 1 is 1.21 bits per heavy atom. The van der Waals surface area contributed by atoms with Crippen LogP contribution in [0.1, 0.15) is 32.1 Å². The van der Waals surface area contributed by atoms with E-state index in [2.05, 4.69) is 15.3 Å². The zero-order valence-corrected chi connectivity index (χ0v) is 15.7. The number of likely N-dealkylation sites (N-methyl/N-ethyl adjacent to an activating group) is 1. The Hall–Kier alpha value is -3.23. The van der Waals surface area contributed by atoms with Crippen molar-refractivity contribution >= 4 is 23.5 Å². The minimum atomic E-state index is -0.774. The van der Waals surface area contributed by atoms with Crippen LogP contribution in [0.5, 0.6) is 0 Å². The molecule has 0 aromatic carbocycles. The van der Waals surface area contributed by atoms with E-state index >= 15 is 0 Å². The molecule has 28 heavy (non-hydrogen) atoms. The summed E-state index contributed by atoms with van der Waals surface area (Å²) in [5.74, 6) is -0.0233. The first-order valence-electron chi connectivity index (χ1n) is 9.35. The average Bonchev–Trinajstić information content (AvgIpc) is 3.30. The monoisotopic (exact) mass is 382 g/mol. The van der Waals surface area contributed by atoms with Gasteiger partial charge in [0.2, 0.25) is 5.91 Å². The third kappa shape index (κ3) is 3.02. The van der Waals surface area contributed by atoms with E-state index in [1.165, 1.54) is 11.1 Å². The molecule has 2 fully saturated rings. The predicted molar refractivity (Wildman–Crippen MR) is 101 cm³/mol. The van der Waals surface area contributed by atoms with Gasteiger partial charge < -0.3 is 10.2 Å². The number of anilines is 1. The van der Waals surface area contributed by atoms with Crippen molar-refractivity contribution < 1.29 is 14.4 Å². The van der Waals surface area contributed by atoms with Crippen LogP contribution >= 0.6 is 0 Å². The van der Waals surface area contributed by atoms with Crippen molar-refractivity contribution in [3.8, 4) is 5.82 Å². The van der Waals surface area contributed by atoms with Gasteiger partial charge in [0.05, 0.1) is 11.9 Å². The molecule has 4 amide bonds. The van der Waals surface area contributed by atoms with Gasteiger partial charge in [-0.15, -0.1) is 0 Å². The average molecular weight is 382 g/mol. The van der Waals surface area contributed by atoms with Crippen LogP contribution in [-0.4, -0.2) is 61.3 Å². The number of imide groups is 1. The molecule has 1 saturated heterocycles. The van der Waals surface area contributed by atoms with Crippen molar-refractivity contribution in [2.24, 2.45) is 0 Å². The molecule has 9 heteroatoms. The number of hydrogen-bond donors (Lipinski definition) is 1. The second kappa shape index (κ2) is 7.06. The van der Waals surface area contributed by atoms with Gasteiger partial charge in [-0.1, -0.05) is 19.3 Å². The van der Waals surface area contributed by atoms with Crippen LogP contribution in [0.15, 0.2) is 37.1 Å². The molecule has 1 spiro atoms. The second-order valence-electron chi connectivity index (χ2n) is 7.25. The van der Waals surface area contributed by atoms with E-state index in [0.717, 1.165) is 24.2 Å². The maximum Gasteiger partial charge on any atom is 0.327 e. The maximum absolute atomic E-state index is 12.9. The number of carbonyl (C=O) groups excluding carboxylic acids is 3. The van der Waals surface area contributed by atoms with Gasteiger partial charge in [0.25, 0.3) is 5.91 Å². The highest BCUT2D eigenvalue weighted by molar-refractivity contribution is 6.10. The fraction of sp³-hybridized carbons (Fsp3) is 0.421. The Bertz CT molecular complexity index is 887. The van der Waals surface area contributed by atoms with E-state index in [0.29, 0.717) is 24.3 Å². The highest BCUT2D eigenvalue weighted by atomic mass is 16.2. The van der Waals surface area contributed by atoms with E-state index in [4.69, 9.17) is 0 Å². The maximum atomic E-state index is 12.9. The molecule has 0 radical (unpaired) electrons. The molecule has 9 nitrogen and oxygen atoms in total.